The number of rotatable bonds is 2. The molecular weight excluding hydrogens is 219 g/mol. The van der Waals surface area contributed by atoms with Gasteiger partial charge in [0, 0.05) is 0 Å². The maximum atomic E-state index is 10.6. The minimum absolute atomic E-state index is 0.574. The van der Waals surface area contributed by atoms with Crippen LogP contribution in [-0.2, 0) is 4.79 Å². The van der Waals surface area contributed by atoms with Gasteiger partial charge in [-0.1, -0.05) is 0 Å². The van der Waals surface area contributed by atoms with Crippen molar-refractivity contribution in [2.45, 2.75) is 32.5 Å². The van der Waals surface area contributed by atoms with Crippen LogP contribution >= 0.6 is 0 Å². The second kappa shape index (κ2) is 6.59. The molecule has 0 amide bonds. The van der Waals surface area contributed by atoms with Crippen LogP contribution in [0.1, 0.15) is 13.8 Å². The molecule has 0 bridgehead atoms. The molecule has 5 nitrogen and oxygen atoms in total. The fourth-order valence-corrected chi connectivity index (χ4v) is 0.312. The first-order chi connectivity index (χ1) is 6.50. The first-order valence-corrected chi connectivity index (χ1v) is 3.88. The van der Waals surface area contributed by atoms with E-state index in [9.17, 15) is 13.2 Å². The highest BCUT2D eigenvalue weighted by Crippen LogP contribution is 2.13. The van der Waals surface area contributed by atoms with Crippen LogP contribution in [0.25, 0.3) is 0 Å². The van der Waals surface area contributed by atoms with Gasteiger partial charge in [0.1, 0.15) is 12.5 Å². The lowest BCUT2D eigenvalue weighted by Gasteiger charge is -2.22. The summed E-state index contributed by atoms with van der Waals surface area (Å²) >= 11 is 0. The number of aliphatic hydroxyl groups excluding tert-OH is 2. The molecule has 0 fully saturated rings. The average Bonchev–Trinajstić information content (AvgIpc) is 2.01. The Morgan fingerprint density at radius 1 is 1.20 bits per heavy atom. The monoisotopic (exact) mass is 233 g/mol. The quantitative estimate of drug-likeness (QED) is 0.595. The van der Waals surface area contributed by atoms with E-state index in [-0.39, 0.29) is 0 Å². The van der Waals surface area contributed by atoms with E-state index in [1.165, 1.54) is 4.90 Å². The van der Waals surface area contributed by atoms with Crippen molar-refractivity contribution in [1.29, 1.82) is 0 Å². The molecule has 0 saturated heterocycles. The number of carboxylic acids is 1. The van der Waals surface area contributed by atoms with Crippen LogP contribution in [0.15, 0.2) is 0 Å². The van der Waals surface area contributed by atoms with Gasteiger partial charge in [0.05, 0.1) is 0 Å². The van der Waals surface area contributed by atoms with E-state index in [0.717, 1.165) is 0 Å². The summed E-state index contributed by atoms with van der Waals surface area (Å²) in [7, 11) is 1.65. The number of halogens is 3. The van der Waals surface area contributed by atoms with E-state index in [4.69, 9.17) is 20.1 Å². The highest BCUT2D eigenvalue weighted by molar-refractivity contribution is 5.73. The summed E-state index contributed by atoms with van der Waals surface area (Å²) in [6.07, 6.45) is -6.23. The lowest BCUT2D eigenvalue weighted by atomic mass is 10.5. The third-order valence-corrected chi connectivity index (χ3v) is 1.42. The Morgan fingerprint density at radius 2 is 1.40 bits per heavy atom. The largest absolute Gasteiger partial charge is 0.490 e. The third kappa shape index (κ3) is 9.44. The van der Waals surface area contributed by atoms with Crippen molar-refractivity contribution < 1.29 is 33.3 Å². The zero-order valence-electron chi connectivity index (χ0n) is 8.49. The van der Waals surface area contributed by atoms with Crippen LogP contribution in [0.3, 0.4) is 0 Å². The molecule has 0 aromatic rings. The van der Waals surface area contributed by atoms with Crippen LogP contribution in [0.2, 0.25) is 0 Å². The predicted molar refractivity (Wildman–Crippen MR) is 44.8 cm³/mol. The zero-order valence-corrected chi connectivity index (χ0v) is 8.49. The van der Waals surface area contributed by atoms with E-state index in [0.29, 0.717) is 0 Å². The van der Waals surface area contributed by atoms with Gasteiger partial charge in [-0.15, -0.1) is 0 Å². The molecule has 2 atom stereocenters. The van der Waals surface area contributed by atoms with Gasteiger partial charge in [-0.2, -0.15) is 13.2 Å². The van der Waals surface area contributed by atoms with Crippen LogP contribution in [0, 0.1) is 0 Å². The molecule has 0 rings (SSSR count). The van der Waals surface area contributed by atoms with E-state index < -0.39 is 24.6 Å². The Labute approximate surface area is 84.7 Å². The Balaban J connectivity index is 0. The molecule has 0 aromatic heterocycles. The van der Waals surface area contributed by atoms with Crippen LogP contribution in [0.4, 0.5) is 13.2 Å². The van der Waals surface area contributed by atoms with Gasteiger partial charge in [-0.3, -0.25) is 4.90 Å². The predicted octanol–water partition coefficient (Wildman–Crippen LogP) is 0.228. The fourth-order valence-electron chi connectivity index (χ4n) is 0.312. The number of hydrogen-bond acceptors (Lipinski definition) is 4. The smallest absolute Gasteiger partial charge is 0.475 e. The SMILES string of the molecule is CC(O)N(C)C(C)O.O=C(O)C(F)(F)F. The Kier molecular flexibility index (Phi) is 7.28. The molecule has 15 heavy (non-hydrogen) atoms. The molecule has 0 saturated carbocycles. The molecule has 0 aliphatic carbocycles. The van der Waals surface area contributed by atoms with Crippen molar-refractivity contribution in [3.8, 4) is 0 Å². The van der Waals surface area contributed by atoms with Crippen LogP contribution in [-0.4, -0.2) is 51.9 Å². The lowest BCUT2D eigenvalue weighted by Crippen LogP contribution is -2.36. The van der Waals surface area contributed by atoms with E-state index in [1.807, 2.05) is 0 Å². The highest BCUT2D eigenvalue weighted by Gasteiger charge is 2.38. The maximum absolute atomic E-state index is 10.6. The van der Waals surface area contributed by atoms with Crippen molar-refractivity contribution in [1.82, 2.24) is 4.90 Å². The Bertz CT molecular complexity index is 185. The molecule has 2 unspecified atom stereocenters. The fraction of sp³-hybridized carbons (Fsp3) is 0.857. The standard InChI is InChI=1S/C5H13NO2.C2HF3O2/c1-4(7)6(3)5(2)8;3-2(4,5)1(6)7/h4-5,7-8H,1-3H3;(H,6,7). The van der Waals surface area contributed by atoms with Crippen molar-refractivity contribution >= 4 is 5.97 Å². The van der Waals surface area contributed by atoms with Crippen molar-refractivity contribution in [2.75, 3.05) is 7.05 Å². The van der Waals surface area contributed by atoms with Gasteiger partial charge in [-0.05, 0) is 20.9 Å². The van der Waals surface area contributed by atoms with Gasteiger partial charge >= 0.3 is 12.1 Å². The normalized spacial score (nSPS) is 15.3. The summed E-state index contributed by atoms with van der Waals surface area (Å²) in [6, 6.07) is 0. The van der Waals surface area contributed by atoms with E-state index in [2.05, 4.69) is 0 Å². The van der Waals surface area contributed by atoms with Crippen LogP contribution in [0.5, 0.6) is 0 Å². The molecule has 8 heteroatoms. The highest BCUT2D eigenvalue weighted by atomic mass is 19.4. The first-order valence-electron chi connectivity index (χ1n) is 3.88. The summed E-state index contributed by atoms with van der Waals surface area (Å²) in [6.45, 7) is 3.21. The molecule has 0 spiro atoms. The molecule has 0 aliphatic rings. The number of carbonyl (C=O) groups is 1. The first kappa shape index (κ1) is 16.6. The van der Waals surface area contributed by atoms with Gasteiger partial charge in [0.2, 0.25) is 0 Å². The molecule has 0 aromatic carbocycles. The number of aliphatic hydroxyl groups is 2. The summed E-state index contributed by atoms with van der Waals surface area (Å²) in [4.78, 5) is 10.3. The lowest BCUT2D eigenvalue weighted by molar-refractivity contribution is -0.192. The average molecular weight is 233 g/mol. The summed E-state index contributed by atoms with van der Waals surface area (Å²) in [5, 5.41) is 24.6. The second-order valence-electron chi connectivity index (χ2n) is 2.73. The maximum Gasteiger partial charge on any atom is 0.490 e. The Morgan fingerprint density at radius 3 is 1.40 bits per heavy atom. The molecule has 0 aliphatic heterocycles. The third-order valence-electron chi connectivity index (χ3n) is 1.42. The van der Waals surface area contributed by atoms with Crippen LogP contribution < -0.4 is 0 Å². The number of aliphatic carboxylic acids is 1. The van der Waals surface area contributed by atoms with Gasteiger partial charge in [0.25, 0.3) is 0 Å². The van der Waals surface area contributed by atoms with Gasteiger partial charge < -0.3 is 15.3 Å². The molecule has 3 N–H and O–H groups in total. The number of alkyl halides is 3. The van der Waals surface area contributed by atoms with Crippen molar-refractivity contribution in [2.24, 2.45) is 0 Å². The van der Waals surface area contributed by atoms with Gasteiger partial charge in [0.15, 0.2) is 0 Å². The van der Waals surface area contributed by atoms with E-state index in [1.54, 1.807) is 20.9 Å². The number of hydrogen-bond donors (Lipinski definition) is 3. The number of carboxylic acid groups (broad SMARTS) is 1. The Hall–Kier alpha value is -0.860. The number of nitrogens with zero attached hydrogens (tertiary/aromatic N) is 1. The van der Waals surface area contributed by atoms with Crippen molar-refractivity contribution in [3.63, 3.8) is 0 Å². The summed E-state index contributed by atoms with van der Waals surface area (Å²) < 4.78 is 31.7. The minimum Gasteiger partial charge on any atom is -0.475 e. The van der Waals surface area contributed by atoms with Gasteiger partial charge in [-0.25, -0.2) is 4.79 Å². The summed E-state index contributed by atoms with van der Waals surface area (Å²) in [5.74, 6) is -2.76. The topological polar surface area (TPSA) is 81.0 Å². The summed E-state index contributed by atoms with van der Waals surface area (Å²) in [5.41, 5.74) is 0. The second-order valence-corrected chi connectivity index (χ2v) is 2.73. The molecule has 92 valence electrons. The van der Waals surface area contributed by atoms with E-state index >= 15 is 0 Å². The minimum atomic E-state index is -5.08. The molecular formula is C7H14F3NO4. The zero-order chi connectivity index (χ0) is 12.8. The van der Waals surface area contributed by atoms with Crippen molar-refractivity contribution in [3.05, 3.63) is 0 Å². The molecule has 0 heterocycles. The molecule has 0 radical (unpaired) electrons.